The van der Waals surface area contributed by atoms with E-state index in [0.29, 0.717) is 35.0 Å². The molecule has 0 radical (unpaired) electrons. The van der Waals surface area contributed by atoms with Crippen molar-refractivity contribution in [3.8, 4) is 28.7 Å². The number of benzene rings is 1. The summed E-state index contributed by atoms with van der Waals surface area (Å²) in [5, 5.41) is 21.6. The topological polar surface area (TPSA) is 103 Å². The number of hydrogen-bond donors (Lipinski definition) is 2. The molecule has 28 heavy (non-hydrogen) atoms. The number of aromatic amines is 1. The largest absolute Gasteiger partial charge is 0.396 e. The lowest BCUT2D eigenvalue weighted by Gasteiger charge is -2.04. The molecule has 2 N–H and O–H groups in total. The summed E-state index contributed by atoms with van der Waals surface area (Å²) < 4.78 is 14.6. The predicted octanol–water partition coefficient (Wildman–Crippen LogP) is 3.58. The highest BCUT2D eigenvalue weighted by molar-refractivity contribution is 5.76. The second-order valence-corrected chi connectivity index (χ2v) is 5.95. The van der Waals surface area contributed by atoms with Crippen LogP contribution >= 0.6 is 0 Å². The number of nitrogens with one attached hydrogen (secondary N) is 1. The summed E-state index contributed by atoms with van der Waals surface area (Å²) in [7, 11) is 0. The zero-order valence-corrected chi connectivity index (χ0v) is 15.3. The Bertz CT molecular complexity index is 1090. The van der Waals surface area contributed by atoms with Crippen molar-refractivity contribution in [1.29, 1.82) is 5.26 Å². The summed E-state index contributed by atoms with van der Waals surface area (Å²) in [6.07, 6.45) is 5.06. The lowest BCUT2D eigenvalue weighted by Crippen LogP contribution is -1.97. The minimum absolute atomic E-state index is 0.303. The molecular formula is C20H19FN6O. The van der Waals surface area contributed by atoms with E-state index < -0.39 is 0 Å². The van der Waals surface area contributed by atoms with E-state index in [1.165, 1.54) is 22.8 Å². The summed E-state index contributed by atoms with van der Waals surface area (Å²) in [4.78, 5) is 11.5. The number of nitriles is 1. The van der Waals surface area contributed by atoms with Crippen molar-refractivity contribution in [2.24, 2.45) is 0 Å². The first-order valence-corrected chi connectivity index (χ1v) is 8.83. The van der Waals surface area contributed by atoms with Crippen LogP contribution in [-0.2, 0) is 0 Å². The van der Waals surface area contributed by atoms with E-state index in [4.69, 9.17) is 10.4 Å². The number of nitrogens with zero attached hydrogens (tertiary/aromatic N) is 5. The van der Waals surface area contributed by atoms with Crippen LogP contribution in [0.4, 0.5) is 4.39 Å². The molecule has 4 rings (SSSR count). The molecule has 0 atom stereocenters. The number of aliphatic hydroxyl groups is 1. The summed E-state index contributed by atoms with van der Waals surface area (Å²) in [6, 6.07) is 11.7. The number of hydrogen-bond acceptors (Lipinski definition) is 5. The van der Waals surface area contributed by atoms with Gasteiger partial charge in [0.15, 0.2) is 11.3 Å². The summed E-state index contributed by atoms with van der Waals surface area (Å²) in [5.74, 6) is -0.303. The zero-order valence-electron chi connectivity index (χ0n) is 15.3. The maximum Gasteiger partial charge on any atom is 0.162 e. The highest BCUT2D eigenvalue weighted by atomic mass is 19.1. The Morgan fingerprint density at radius 2 is 1.96 bits per heavy atom. The van der Waals surface area contributed by atoms with Gasteiger partial charge >= 0.3 is 0 Å². The number of fused-ring (bicyclic) bond motifs is 1. The van der Waals surface area contributed by atoms with Gasteiger partial charge in [0.1, 0.15) is 17.6 Å². The van der Waals surface area contributed by atoms with Crippen molar-refractivity contribution >= 4 is 5.65 Å². The fourth-order valence-corrected chi connectivity index (χ4v) is 2.56. The van der Waals surface area contributed by atoms with Crippen LogP contribution in [0, 0.1) is 17.1 Å². The molecule has 0 fully saturated rings. The number of aromatic nitrogens is 5. The third-order valence-electron chi connectivity index (χ3n) is 4.00. The van der Waals surface area contributed by atoms with Gasteiger partial charge in [-0.3, -0.25) is 0 Å². The Balaban J connectivity index is 0.000000403. The second-order valence-electron chi connectivity index (χ2n) is 5.95. The second kappa shape index (κ2) is 8.88. The first-order chi connectivity index (χ1) is 13.7. The number of rotatable bonds is 4. The Kier molecular flexibility index (Phi) is 6.09. The number of aliphatic hydroxyl groups excluding tert-OH is 1. The van der Waals surface area contributed by atoms with Gasteiger partial charge in [0.05, 0.1) is 23.9 Å². The molecule has 0 unspecified atom stereocenters. The smallest absolute Gasteiger partial charge is 0.162 e. The van der Waals surface area contributed by atoms with Crippen LogP contribution in [0.5, 0.6) is 0 Å². The Hall–Kier alpha value is -3.57. The molecule has 0 bridgehead atoms. The van der Waals surface area contributed by atoms with Crippen LogP contribution in [0.25, 0.3) is 28.3 Å². The maximum absolute atomic E-state index is 13.1. The third kappa shape index (κ3) is 4.05. The van der Waals surface area contributed by atoms with Gasteiger partial charge in [-0.25, -0.2) is 18.9 Å². The maximum atomic E-state index is 13.1. The average Bonchev–Trinajstić information content (AvgIpc) is 3.36. The predicted molar refractivity (Wildman–Crippen MR) is 103 cm³/mol. The summed E-state index contributed by atoms with van der Waals surface area (Å²) >= 11 is 0. The van der Waals surface area contributed by atoms with Crippen molar-refractivity contribution in [2.75, 3.05) is 6.61 Å². The SMILES string of the molecule is CCCCO.N#Cc1cnc2ccc(-c3[nH]cnc3-c3ccc(F)cc3)nn12. The molecule has 0 aliphatic rings. The van der Waals surface area contributed by atoms with E-state index in [0.717, 1.165) is 18.4 Å². The zero-order chi connectivity index (χ0) is 19.9. The van der Waals surface area contributed by atoms with Crippen LogP contribution in [0.1, 0.15) is 25.5 Å². The normalized spacial score (nSPS) is 10.4. The van der Waals surface area contributed by atoms with Crippen LogP contribution in [0.15, 0.2) is 48.9 Å². The molecule has 7 nitrogen and oxygen atoms in total. The first-order valence-electron chi connectivity index (χ1n) is 8.83. The molecule has 0 spiro atoms. The number of imidazole rings is 2. The molecule has 3 aromatic heterocycles. The van der Waals surface area contributed by atoms with Crippen LogP contribution in [0.2, 0.25) is 0 Å². The van der Waals surface area contributed by atoms with Crippen LogP contribution < -0.4 is 0 Å². The van der Waals surface area contributed by atoms with Gasteiger partial charge in [0.25, 0.3) is 0 Å². The molecule has 0 aliphatic heterocycles. The van der Waals surface area contributed by atoms with Crippen molar-refractivity contribution < 1.29 is 9.50 Å². The fourth-order valence-electron chi connectivity index (χ4n) is 2.56. The fraction of sp³-hybridized carbons (Fsp3) is 0.200. The lowest BCUT2D eigenvalue weighted by molar-refractivity contribution is 0.287. The van der Waals surface area contributed by atoms with Crippen molar-refractivity contribution in [2.45, 2.75) is 19.8 Å². The standard InChI is InChI=1S/C16H9FN6.C4H10O/c17-11-3-1-10(2-4-11)15-16(21-9-20-15)13-5-6-14-19-8-12(7-18)23(14)22-13;1-2-3-4-5/h1-6,8-9H,(H,20,21);5H,2-4H2,1H3. The summed E-state index contributed by atoms with van der Waals surface area (Å²) in [6.45, 7) is 2.40. The van der Waals surface area contributed by atoms with Gasteiger partial charge < -0.3 is 10.1 Å². The number of unbranched alkanes of at least 4 members (excludes halogenated alkanes) is 1. The molecule has 0 aliphatic carbocycles. The Morgan fingerprint density at radius 1 is 1.18 bits per heavy atom. The van der Waals surface area contributed by atoms with E-state index in [2.05, 4.69) is 27.0 Å². The molecule has 142 valence electrons. The minimum Gasteiger partial charge on any atom is -0.396 e. The number of H-pyrrole nitrogens is 1. The molecule has 0 saturated heterocycles. The van der Waals surface area contributed by atoms with Gasteiger partial charge in [0, 0.05) is 12.2 Å². The average molecular weight is 378 g/mol. The van der Waals surface area contributed by atoms with Crippen molar-refractivity contribution in [1.82, 2.24) is 24.6 Å². The molecule has 1 aromatic carbocycles. The van der Waals surface area contributed by atoms with Crippen LogP contribution in [0.3, 0.4) is 0 Å². The monoisotopic (exact) mass is 378 g/mol. The quantitative estimate of drug-likeness (QED) is 0.565. The van der Waals surface area contributed by atoms with Crippen molar-refractivity contribution in [3.63, 3.8) is 0 Å². The van der Waals surface area contributed by atoms with E-state index in [1.54, 1.807) is 30.6 Å². The van der Waals surface area contributed by atoms with Gasteiger partial charge in [-0.05, 0) is 42.8 Å². The van der Waals surface area contributed by atoms with Gasteiger partial charge in [0.2, 0.25) is 0 Å². The van der Waals surface area contributed by atoms with E-state index in [1.807, 2.05) is 6.07 Å². The molecular weight excluding hydrogens is 359 g/mol. The highest BCUT2D eigenvalue weighted by Gasteiger charge is 2.13. The number of halogens is 1. The Morgan fingerprint density at radius 3 is 2.61 bits per heavy atom. The highest BCUT2D eigenvalue weighted by Crippen LogP contribution is 2.28. The molecule has 3 heterocycles. The molecule has 0 saturated carbocycles. The Labute approximate surface area is 161 Å². The summed E-state index contributed by atoms with van der Waals surface area (Å²) in [5.41, 5.74) is 3.68. The molecule has 8 heteroatoms. The molecule has 4 aromatic rings. The van der Waals surface area contributed by atoms with Gasteiger partial charge in [-0.15, -0.1) is 0 Å². The lowest BCUT2D eigenvalue weighted by atomic mass is 10.1. The van der Waals surface area contributed by atoms with Gasteiger partial charge in [-0.1, -0.05) is 13.3 Å². The minimum atomic E-state index is -0.303. The van der Waals surface area contributed by atoms with E-state index in [9.17, 15) is 4.39 Å². The third-order valence-corrected chi connectivity index (χ3v) is 4.00. The first kappa shape index (κ1) is 19.2. The van der Waals surface area contributed by atoms with E-state index >= 15 is 0 Å². The molecule has 0 amide bonds. The van der Waals surface area contributed by atoms with E-state index in [-0.39, 0.29) is 5.82 Å². The van der Waals surface area contributed by atoms with Gasteiger partial charge in [-0.2, -0.15) is 10.4 Å². The van der Waals surface area contributed by atoms with Crippen LogP contribution in [-0.4, -0.2) is 36.3 Å². The van der Waals surface area contributed by atoms with Crippen molar-refractivity contribution in [3.05, 3.63) is 60.4 Å².